The first kappa shape index (κ1) is 14.2. The minimum atomic E-state index is -0.213. The van der Waals surface area contributed by atoms with Crippen LogP contribution in [-0.2, 0) is 4.74 Å². The molecule has 4 nitrogen and oxygen atoms in total. The summed E-state index contributed by atoms with van der Waals surface area (Å²) < 4.78 is 5.67. The Hall–Kier alpha value is -1.26. The molecule has 0 saturated heterocycles. The van der Waals surface area contributed by atoms with Gasteiger partial charge in [-0.1, -0.05) is 30.5 Å². The maximum atomic E-state index is 11.9. The maximum Gasteiger partial charge on any atom is 0.253 e. The van der Waals surface area contributed by atoms with Gasteiger partial charge in [0.25, 0.3) is 5.91 Å². The van der Waals surface area contributed by atoms with E-state index in [1.54, 1.807) is 18.2 Å². The molecule has 1 saturated carbocycles. The lowest BCUT2D eigenvalue weighted by molar-refractivity contribution is 0.0582. The van der Waals surface area contributed by atoms with Crippen LogP contribution in [0, 0.1) is 0 Å². The summed E-state index contributed by atoms with van der Waals surface area (Å²) in [5.41, 5.74) is 6.49. The standard InChI is InChI=1S/C14H19ClN2O2/c15-12-7-3-6-11(13(12)16)14(18)17-8-9-19-10-4-1-2-5-10/h3,6-7,10H,1-2,4-5,8-9,16H2,(H,17,18). The Labute approximate surface area is 118 Å². The van der Waals surface area contributed by atoms with Crippen LogP contribution < -0.4 is 11.1 Å². The molecular formula is C14H19ClN2O2. The Kier molecular flexibility index (Phi) is 5.05. The van der Waals surface area contributed by atoms with Crippen LogP contribution in [0.3, 0.4) is 0 Å². The largest absolute Gasteiger partial charge is 0.397 e. The minimum absolute atomic E-state index is 0.213. The van der Waals surface area contributed by atoms with E-state index >= 15 is 0 Å². The van der Waals surface area contributed by atoms with E-state index in [9.17, 15) is 4.79 Å². The summed E-state index contributed by atoms with van der Waals surface area (Å²) in [4.78, 5) is 11.9. The van der Waals surface area contributed by atoms with E-state index in [1.165, 1.54) is 12.8 Å². The van der Waals surface area contributed by atoms with Crippen molar-refractivity contribution >= 4 is 23.2 Å². The van der Waals surface area contributed by atoms with E-state index in [-0.39, 0.29) is 5.91 Å². The lowest BCUT2D eigenvalue weighted by Crippen LogP contribution is -2.29. The SMILES string of the molecule is Nc1c(Cl)cccc1C(=O)NCCOC1CCCC1. The normalized spacial score (nSPS) is 15.6. The lowest BCUT2D eigenvalue weighted by atomic mass is 10.1. The first-order chi connectivity index (χ1) is 9.18. The third-order valence-electron chi connectivity index (χ3n) is 3.34. The van der Waals surface area contributed by atoms with Crippen molar-refractivity contribution in [2.75, 3.05) is 18.9 Å². The molecular weight excluding hydrogens is 264 g/mol. The molecule has 0 unspecified atom stereocenters. The number of hydrogen-bond donors (Lipinski definition) is 2. The molecule has 0 aliphatic heterocycles. The number of anilines is 1. The maximum absolute atomic E-state index is 11.9. The highest BCUT2D eigenvalue weighted by Gasteiger charge is 2.15. The highest BCUT2D eigenvalue weighted by Crippen LogP contribution is 2.22. The van der Waals surface area contributed by atoms with Gasteiger partial charge < -0.3 is 15.8 Å². The summed E-state index contributed by atoms with van der Waals surface area (Å²) in [6.45, 7) is 1.03. The van der Waals surface area contributed by atoms with Gasteiger partial charge in [-0.2, -0.15) is 0 Å². The number of hydrogen-bond acceptors (Lipinski definition) is 3. The molecule has 5 heteroatoms. The molecule has 3 N–H and O–H groups in total. The number of rotatable bonds is 5. The van der Waals surface area contributed by atoms with Gasteiger partial charge in [0.15, 0.2) is 0 Å². The Morgan fingerprint density at radius 2 is 2.16 bits per heavy atom. The Morgan fingerprint density at radius 3 is 2.89 bits per heavy atom. The van der Waals surface area contributed by atoms with Crippen molar-refractivity contribution in [3.63, 3.8) is 0 Å². The summed E-state index contributed by atoms with van der Waals surface area (Å²) in [6.07, 6.45) is 5.13. The van der Waals surface area contributed by atoms with Gasteiger partial charge >= 0.3 is 0 Å². The average molecular weight is 283 g/mol. The van der Waals surface area contributed by atoms with Crippen molar-refractivity contribution in [1.29, 1.82) is 0 Å². The third-order valence-corrected chi connectivity index (χ3v) is 3.67. The summed E-state index contributed by atoms with van der Waals surface area (Å²) in [7, 11) is 0. The van der Waals surface area contributed by atoms with E-state index < -0.39 is 0 Å². The second-order valence-corrected chi connectivity index (χ2v) is 5.14. The monoisotopic (exact) mass is 282 g/mol. The zero-order valence-corrected chi connectivity index (χ0v) is 11.6. The number of nitrogens with one attached hydrogen (secondary N) is 1. The zero-order chi connectivity index (χ0) is 13.7. The number of nitrogens with two attached hydrogens (primary N) is 1. The summed E-state index contributed by atoms with van der Waals surface area (Å²) >= 11 is 5.88. The number of amides is 1. The first-order valence-corrected chi connectivity index (χ1v) is 7.00. The van der Waals surface area contributed by atoms with Crippen molar-refractivity contribution in [3.05, 3.63) is 28.8 Å². The van der Waals surface area contributed by atoms with Crippen LogP contribution in [0.2, 0.25) is 5.02 Å². The molecule has 0 bridgehead atoms. The number of halogens is 1. The van der Waals surface area contributed by atoms with Crippen LogP contribution in [0.15, 0.2) is 18.2 Å². The van der Waals surface area contributed by atoms with E-state index in [1.807, 2.05) is 0 Å². The van der Waals surface area contributed by atoms with Crippen molar-refractivity contribution in [2.45, 2.75) is 31.8 Å². The fraction of sp³-hybridized carbons (Fsp3) is 0.500. The molecule has 1 aliphatic rings. The first-order valence-electron chi connectivity index (χ1n) is 6.62. The molecule has 1 aromatic rings. The van der Waals surface area contributed by atoms with Gasteiger partial charge in [0, 0.05) is 6.54 Å². The van der Waals surface area contributed by atoms with E-state index in [0.29, 0.717) is 35.5 Å². The van der Waals surface area contributed by atoms with Crippen LogP contribution >= 0.6 is 11.6 Å². The second kappa shape index (κ2) is 6.78. The highest BCUT2D eigenvalue weighted by molar-refractivity contribution is 6.33. The van der Waals surface area contributed by atoms with Gasteiger partial charge in [-0.25, -0.2) is 0 Å². The number of nitrogen functional groups attached to an aromatic ring is 1. The molecule has 2 rings (SSSR count). The zero-order valence-electron chi connectivity index (χ0n) is 10.8. The molecule has 0 aromatic heterocycles. The quantitative estimate of drug-likeness (QED) is 0.644. The Balaban J connectivity index is 1.76. The summed E-state index contributed by atoms with van der Waals surface area (Å²) in [6, 6.07) is 5.04. The summed E-state index contributed by atoms with van der Waals surface area (Å²) in [5.74, 6) is -0.213. The van der Waals surface area contributed by atoms with Gasteiger partial charge in [-0.3, -0.25) is 4.79 Å². The number of ether oxygens (including phenoxy) is 1. The van der Waals surface area contributed by atoms with Crippen LogP contribution in [0.5, 0.6) is 0 Å². The number of benzene rings is 1. The average Bonchev–Trinajstić information content (AvgIpc) is 2.91. The molecule has 19 heavy (non-hydrogen) atoms. The molecule has 1 aromatic carbocycles. The lowest BCUT2D eigenvalue weighted by Gasteiger charge is -2.12. The molecule has 1 fully saturated rings. The van der Waals surface area contributed by atoms with E-state index in [2.05, 4.69) is 5.32 Å². The van der Waals surface area contributed by atoms with Crippen LogP contribution in [0.4, 0.5) is 5.69 Å². The van der Waals surface area contributed by atoms with Crippen molar-refractivity contribution in [2.24, 2.45) is 0 Å². The number of carbonyl (C=O) groups is 1. The molecule has 1 amide bonds. The fourth-order valence-electron chi connectivity index (χ4n) is 2.28. The van der Waals surface area contributed by atoms with Crippen LogP contribution in [-0.4, -0.2) is 25.2 Å². The Morgan fingerprint density at radius 1 is 1.42 bits per heavy atom. The van der Waals surface area contributed by atoms with Gasteiger partial charge in [-0.05, 0) is 25.0 Å². The van der Waals surface area contributed by atoms with Gasteiger partial charge in [0.1, 0.15) is 0 Å². The van der Waals surface area contributed by atoms with Gasteiger partial charge in [0.2, 0.25) is 0 Å². The Bertz CT molecular complexity index is 445. The second-order valence-electron chi connectivity index (χ2n) is 4.73. The molecule has 0 spiro atoms. The van der Waals surface area contributed by atoms with E-state index in [0.717, 1.165) is 12.8 Å². The molecule has 1 aliphatic carbocycles. The van der Waals surface area contributed by atoms with Gasteiger partial charge in [0.05, 0.1) is 29.0 Å². The predicted molar refractivity (Wildman–Crippen MR) is 76.4 cm³/mol. The molecule has 0 heterocycles. The molecule has 0 radical (unpaired) electrons. The molecule has 104 valence electrons. The van der Waals surface area contributed by atoms with Crippen LogP contribution in [0.25, 0.3) is 0 Å². The smallest absolute Gasteiger partial charge is 0.253 e. The van der Waals surface area contributed by atoms with E-state index in [4.69, 9.17) is 22.1 Å². The van der Waals surface area contributed by atoms with Crippen molar-refractivity contribution in [3.8, 4) is 0 Å². The number of para-hydroxylation sites is 1. The van der Waals surface area contributed by atoms with Gasteiger partial charge in [-0.15, -0.1) is 0 Å². The van der Waals surface area contributed by atoms with Crippen molar-refractivity contribution in [1.82, 2.24) is 5.32 Å². The predicted octanol–water partition coefficient (Wildman–Crippen LogP) is 2.61. The number of carbonyl (C=O) groups excluding carboxylic acids is 1. The fourth-order valence-corrected chi connectivity index (χ4v) is 2.45. The topological polar surface area (TPSA) is 64.4 Å². The van der Waals surface area contributed by atoms with Crippen molar-refractivity contribution < 1.29 is 9.53 Å². The highest BCUT2D eigenvalue weighted by atomic mass is 35.5. The molecule has 0 atom stereocenters. The van der Waals surface area contributed by atoms with Crippen LogP contribution in [0.1, 0.15) is 36.0 Å². The minimum Gasteiger partial charge on any atom is -0.397 e. The third kappa shape index (κ3) is 3.85. The summed E-state index contributed by atoms with van der Waals surface area (Å²) in [5, 5.41) is 3.19.